The summed E-state index contributed by atoms with van der Waals surface area (Å²) >= 11 is 0. The Morgan fingerprint density at radius 2 is 1.82 bits per heavy atom. The van der Waals surface area contributed by atoms with E-state index in [1.165, 1.54) is 0 Å². The fourth-order valence-electron chi connectivity index (χ4n) is 0.314. The van der Waals surface area contributed by atoms with Crippen molar-refractivity contribution in [2.24, 2.45) is 0 Å². The summed E-state index contributed by atoms with van der Waals surface area (Å²) in [6.07, 6.45) is 0.556. The zero-order chi connectivity index (χ0) is 9.12. The molecule has 0 aliphatic rings. The van der Waals surface area contributed by atoms with Gasteiger partial charge in [-0.25, -0.2) is 0 Å². The largest absolute Gasteiger partial charge is 0.390 e. The lowest BCUT2D eigenvalue weighted by atomic mass is 11.2. The van der Waals surface area contributed by atoms with Crippen LogP contribution in [0.15, 0.2) is 12.8 Å². The van der Waals surface area contributed by atoms with Gasteiger partial charge >= 0.3 is 10.1 Å². The molecule has 0 bridgehead atoms. The fraction of sp³-hybridized carbons (Fsp3) is 0.333. The van der Waals surface area contributed by atoms with Crippen molar-refractivity contribution in [3.63, 3.8) is 0 Å². The van der Waals surface area contributed by atoms with Crippen LogP contribution < -0.4 is 0 Å². The highest BCUT2D eigenvalue weighted by Gasteiger charge is 2.19. The van der Waals surface area contributed by atoms with Crippen LogP contribution in [0.5, 0.6) is 0 Å². The van der Waals surface area contributed by atoms with Crippen LogP contribution in [0.25, 0.3) is 0 Å². The Hall–Kier alpha value is -0.600. The molecule has 66 valence electrons. The van der Waals surface area contributed by atoms with E-state index in [0.717, 1.165) is 0 Å². The first-order valence-electron chi connectivity index (χ1n) is 2.24. The molecule has 8 heteroatoms. The van der Waals surface area contributed by atoms with Gasteiger partial charge in [-0.3, -0.25) is 4.55 Å². The molecule has 6 nitrogen and oxygen atoms in total. The smallest absolute Gasteiger partial charge is 0.325 e. The summed E-state index contributed by atoms with van der Waals surface area (Å²) in [5, 5.41) is -1.47. The lowest BCUT2D eigenvalue weighted by Gasteiger charge is -1.98. The Balaban J connectivity index is 4.52. The molecule has 0 atom stereocenters. The van der Waals surface area contributed by atoms with Gasteiger partial charge in [0.1, 0.15) is 0 Å². The lowest BCUT2D eigenvalue weighted by molar-refractivity contribution is 0.443. The average molecular weight is 202 g/mol. The van der Waals surface area contributed by atoms with Crippen LogP contribution >= 0.6 is 0 Å². The second-order valence-corrected chi connectivity index (χ2v) is 4.93. The number of hydrogen-bond donors (Lipinski definition) is 1. The highest BCUT2D eigenvalue weighted by Crippen LogP contribution is 1.97. The van der Waals surface area contributed by atoms with Gasteiger partial charge in [-0.1, -0.05) is 6.58 Å². The van der Waals surface area contributed by atoms with Crippen LogP contribution in [0.1, 0.15) is 0 Å². The summed E-state index contributed by atoms with van der Waals surface area (Å²) in [7, 11) is -8.81. The van der Waals surface area contributed by atoms with E-state index in [2.05, 4.69) is 10.8 Å². The van der Waals surface area contributed by atoms with E-state index in [1.54, 1.807) is 0 Å². The molecule has 0 fully saturated rings. The summed E-state index contributed by atoms with van der Waals surface area (Å²) in [6, 6.07) is 0. The minimum Gasteiger partial charge on any atom is -0.390 e. The highest BCUT2D eigenvalue weighted by molar-refractivity contribution is 8.03. The van der Waals surface area contributed by atoms with Gasteiger partial charge in [0.25, 0.3) is 10.1 Å². The topological polar surface area (TPSA) is 97.7 Å². The summed E-state index contributed by atoms with van der Waals surface area (Å²) in [5.74, 6) is 0. The van der Waals surface area contributed by atoms with Crippen molar-refractivity contribution in [3.05, 3.63) is 12.8 Å². The molecule has 1 N–H and O–H groups in total. The molecule has 0 aromatic carbocycles. The summed E-state index contributed by atoms with van der Waals surface area (Å²) in [4.78, 5) is 0. The Labute approximate surface area is 64.4 Å². The molecular formula is C3H6O6S2. The zero-order valence-electron chi connectivity index (χ0n) is 5.30. The van der Waals surface area contributed by atoms with Gasteiger partial charge in [0.2, 0.25) is 5.08 Å². The minimum atomic E-state index is -4.56. The number of hydrogen-bond acceptors (Lipinski definition) is 5. The van der Waals surface area contributed by atoms with Crippen molar-refractivity contribution in [1.82, 2.24) is 0 Å². The molecule has 0 rings (SSSR count). The standard InChI is InChI=1S/C3H6O6S2/c1-2-9-11(7,8)3-10(4,5)6/h2H,1,3H2,(H,4,5,6). The van der Waals surface area contributed by atoms with Crippen LogP contribution in [-0.4, -0.2) is 26.5 Å². The molecule has 0 saturated carbocycles. The van der Waals surface area contributed by atoms with Gasteiger partial charge in [0.15, 0.2) is 0 Å². The van der Waals surface area contributed by atoms with Crippen molar-refractivity contribution in [2.45, 2.75) is 0 Å². The van der Waals surface area contributed by atoms with Gasteiger partial charge < -0.3 is 4.18 Å². The molecule has 11 heavy (non-hydrogen) atoms. The molecule has 0 amide bonds. The van der Waals surface area contributed by atoms with Crippen LogP contribution in [0.4, 0.5) is 0 Å². The maximum Gasteiger partial charge on any atom is 0.325 e. The van der Waals surface area contributed by atoms with Gasteiger partial charge in [0, 0.05) is 0 Å². The molecule has 0 aromatic heterocycles. The average Bonchev–Trinajstić information content (AvgIpc) is 1.55. The van der Waals surface area contributed by atoms with Crippen molar-refractivity contribution < 1.29 is 25.6 Å². The molecule has 0 aliphatic heterocycles. The Kier molecular flexibility index (Phi) is 3.02. The molecule has 0 aromatic rings. The van der Waals surface area contributed by atoms with Crippen molar-refractivity contribution in [3.8, 4) is 0 Å². The van der Waals surface area contributed by atoms with Crippen molar-refractivity contribution in [2.75, 3.05) is 5.08 Å². The Morgan fingerprint density at radius 3 is 2.09 bits per heavy atom. The molecule has 0 aliphatic carbocycles. The summed E-state index contributed by atoms with van der Waals surface area (Å²) in [6.45, 7) is 2.90. The van der Waals surface area contributed by atoms with E-state index >= 15 is 0 Å². The highest BCUT2D eigenvalue weighted by atomic mass is 32.3. The molecule has 0 unspecified atom stereocenters. The first-order valence-corrected chi connectivity index (χ1v) is 5.42. The zero-order valence-corrected chi connectivity index (χ0v) is 6.93. The first-order chi connectivity index (χ1) is 4.77. The quantitative estimate of drug-likeness (QED) is 0.368. The van der Waals surface area contributed by atoms with E-state index in [-0.39, 0.29) is 0 Å². The molecule has 0 saturated heterocycles. The predicted molar refractivity (Wildman–Crippen MR) is 36.6 cm³/mol. The molecular weight excluding hydrogens is 196 g/mol. The van der Waals surface area contributed by atoms with Crippen LogP contribution in [0, 0.1) is 0 Å². The molecule has 0 spiro atoms. The van der Waals surface area contributed by atoms with E-state index in [0.29, 0.717) is 6.26 Å². The van der Waals surface area contributed by atoms with E-state index in [9.17, 15) is 16.8 Å². The van der Waals surface area contributed by atoms with Gasteiger partial charge in [-0.2, -0.15) is 16.8 Å². The van der Waals surface area contributed by atoms with Crippen LogP contribution in [0.2, 0.25) is 0 Å². The van der Waals surface area contributed by atoms with Crippen LogP contribution in [-0.2, 0) is 24.4 Å². The maximum atomic E-state index is 10.4. The van der Waals surface area contributed by atoms with Gasteiger partial charge in [-0.05, 0) is 0 Å². The third-order valence-corrected chi connectivity index (χ3v) is 3.28. The van der Waals surface area contributed by atoms with Crippen molar-refractivity contribution in [1.29, 1.82) is 0 Å². The van der Waals surface area contributed by atoms with E-state index in [1.807, 2.05) is 0 Å². The second kappa shape index (κ2) is 3.20. The molecule has 0 radical (unpaired) electrons. The normalized spacial score (nSPS) is 12.5. The van der Waals surface area contributed by atoms with Gasteiger partial charge in [0.05, 0.1) is 6.26 Å². The van der Waals surface area contributed by atoms with Crippen molar-refractivity contribution >= 4 is 20.2 Å². The summed E-state index contributed by atoms with van der Waals surface area (Å²) in [5.41, 5.74) is 0. The third-order valence-electron chi connectivity index (χ3n) is 0.508. The SMILES string of the molecule is C=COS(=O)(=O)CS(=O)(=O)O. The second-order valence-electron chi connectivity index (χ2n) is 1.52. The predicted octanol–water partition coefficient (Wildman–Crippen LogP) is -0.678. The fourth-order valence-corrected chi connectivity index (χ4v) is 2.20. The van der Waals surface area contributed by atoms with Crippen LogP contribution in [0.3, 0.4) is 0 Å². The minimum absolute atomic E-state index is 0.556. The maximum absolute atomic E-state index is 10.4. The van der Waals surface area contributed by atoms with E-state index < -0.39 is 25.3 Å². The number of rotatable bonds is 4. The third kappa shape index (κ3) is 5.83. The Bertz CT molecular complexity index is 321. The first kappa shape index (κ1) is 10.4. The monoisotopic (exact) mass is 202 g/mol. The lowest BCUT2D eigenvalue weighted by Crippen LogP contribution is -2.15. The van der Waals surface area contributed by atoms with E-state index in [4.69, 9.17) is 4.55 Å². The molecule has 0 heterocycles. The van der Waals surface area contributed by atoms with Gasteiger partial charge in [-0.15, -0.1) is 0 Å². The Morgan fingerprint density at radius 1 is 1.36 bits per heavy atom. The summed E-state index contributed by atoms with van der Waals surface area (Å²) < 4.78 is 52.7.